The van der Waals surface area contributed by atoms with Gasteiger partial charge < -0.3 is 10.8 Å². The van der Waals surface area contributed by atoms with Crippen molar-refractivity contribution in [2.45, 2.75) is 20.0 Å². The Morgan fingerprint density at radius 1 is 1.67 bits per heavy atom. The summed E-state index contributed by atoms with van der Waals surface area (Å²) < 4.78 is 0. The lowest BCUT2D eigenvalue weighted by Crippen LogP contribution is -2.20. The fraction of sp³-hybridized carbons (Fsp3) is 0.375. The molecular weight excluding hydrogens is 174 g/mol. The molecule has 1 aromatic rings. The van der Waals surface area contributed by atoms with Gasteiger partial charge in [0.15, 0.2) is 6.10 Å². The van der Waals surface area contributed by atoms with Crippen LogP contribution in [0.1, 0.15) is 21.4 Å². The van der Waals surface area contributed by atoms with Crippen molar-refractivity contribution in [3.05, 3.63) is 21.4 Å². The van der Waals surface area contributed by atoms with Gasteiger partial charge in [-0.05, 0) is 19.9 Å². The number of nitrogens with two attached hydrogens (primary N) is 1. The second-order valence-electron chi connectivity index (χ2n) is 2.67. The van der Waals surface area contributed by atoms with Gasteiger partial charge in [0, 0.05) is 15.3 Å². The van der Waals surface area contributed by atoms with Gasteiger partial charge in [-0.2, -0.15) is 0 Å². The maximum atomic E-state index is 10.6. The van der Waals surface area contributed by atoms with Crippen molar-refractivity contribution < 1.29 is 9.90 Å². The molecule has 66 valence electrons. The van der Waals surface area contributed by atoms with Crippen molar-refractivity contribution >= 4 is 17.2 Å². The molecule has 12 heavy (non-hydrogen) atoms. The molecule has 1 heterocycles. The molecule has 3 N–H and O–H groups in total. The van der Waals surface area contributed by atoms with Crippen LogP contribution in [-0.2, 0) is 4.79 Å². The summed E-state index contributed by atoms with van der Waals surface area (Å²) in [5.74, 6) is -0.698. The predicted molar refractivity (Wildman–Crippen MR) is 47.9 cm³/mol. The van der Waals surface area contributed by atoms with Crippen molar-refractivity contribution in [3.8, 4) is 0 Å². The molecule has 0 saturated heterocycles. The molecule has 1 atom stereocenters. The number of hydrogen-bond donors (Lipinski definition) is 2. The lowest BCUT2D eigenvalue weighted by Gasteiger charge is -2.04. The zero-order valence-corrected chi connectivity index (χ0v) is 7.81. The van der Waals surface area contributed by atoms with Crippen molar-refractivity contribution in [1.82, 2.24) is 0 Å². The molecule has 4 heteroatoms. The van der Waals surface area contributed by atoms with Crippen LogP contribution in [-0.4, -0.2) is 11.0 Å². The van der Waals surface area contributed by atoms with Crippen molar-refractivity contribution in [1.29, 1.82) is 0 Å². The summed E-state index contributed by atoms with van der Waals surface area (Å²) in [5, 5.41) is 9.32. The summed E-state index contributed by atoms with van der Waals surface area (Å²) in [7, 11) is 0. The van der Waals surface area contributed by atoms with E-state index in [1.54, 1.807) is 17.4 Å². The number of aliphatic hydroxyl groups is 1. The third-order valence-electron chi connectivity index (χ3n) is 1.64. The van der Waals surface area contributed by atoms with E-state index in [-0.39, 0.29) is 0 Å². The van der Waals surface area contributed by atoms with Gasteiger partial charge in [0.25, 0.3) is 5.91 Å². The molecule has 0 aliphatic carbocycles. The van der Waals surface area contributed by atoms with E-state index >= 15 is 0 Å². The van der Waals surface area contributed by atoms with Gasteiger partial charge >= 0.3 is 0 Å². The number of amides is 1. The van der Waals surface area contributed by atoms with Gasteiger partial charge in [0.1, 0.15) is 0 Å². The van der Waals surface area contributed by atoms with E-state index in [0.717, 1.165) is 9.75 Å². The first kappa shape index (κ1) is 9.22. The third kappa shape index (κ3) is 1.65. The summed E-state index contributed by atoms with van der Waals surface area (Å²) >= 11 is 1.55. The number of primary amides is 1. The SMILES string of the molecule is Cc1cc(C(O)C(N)=O)c(C)s1. The Morgan fingerprint density at radius 2 is 2.25 bits per heavy atom. The summed E-state index contributed by atoms with van der Waals surface area (Å²) in [5.41, 5.74) is 5.59. The van der Waals surface area contributed by atoms with Gasteiger partial charge in [-0.25, -0.2) is 0 Å². The van der Waals surface area contributed by atoms with Gasteiger partial charge in [-0.15, -0.1) is 11.3 Å². The minimum Gasteiger partial charge on any atom is -0.378 e. The normalized spacial score (nSPS) is 12.9. The average molecular weight is 185 g/mol. The smallest absolute Gasteiger partial charge is 0.250 e. The van der Waals surface area contributed by atoms with E-state index in [0.29, 0.717) is 5.56 Å². The van der Waals surface area contributed by atoms with Crippen LogP contribution in [0.3, 0.4) is 0 Å². The Labute approximate surface area is 74.8 Å². The number of carbonyl (C=O) groups is 1. The molecule has 0 saturated carbocycles. The summed E-state index contributed by atoms with van der Waals surface area (Å²) in [6.45, 7) is 3.79. The van der Waals surface area contributed by atoms with Crippen molar-refractivity contribution in [2.24, 2.45) is 5.73 Å². The van der Waals surface area contributed by atoms with Crippen molar-refractivity contribution in [3.63, 3.8) is 0 Å². The number of rotatable bonds is 2. The predicted octanol–water partition coefficient (Wildman–Crippen LogP) is 0.884. The lowest BCUT2D eigenvalue weighted by atomic mass is 10.1. The van der Waals surface area contributed by atoms with Gasteiger partial charge in [0.05, 0.1) is 0 Å². The molecule has 0 aromatic carbocycles. The molecule has 0 radical (unpaired) electrons. The minimum atomic E-state index is -1.16. The first-order valence-electron chi connectivity index (χ1n) is 3.56. The first-order valence-corrected chi connectivity index (χ1v) is 4.38. The van der Waals surface area contributed by atoms with Crippen LogP contribution < -0.4 is 5.73 Å². The zero-order chi connectivity index (χ0) is 9.30. The second-order valence-corrected chi connectivity index (χ2v) is 4.13. The Balaban J connectivity index is 3.02. The number of hydrogen-bond acceptors (Lipinski definition) is 3. The van der Waals surface area contributed by atoms with E-state index in [9.17, 15) is 9.90 Å². The van der Waals surface area contributed by atoms with Crippen LogP contribution in [0.4, 0.5) is 0 Å². The van der Waals surface area contributed by atoms with E-state index in [2.05, 4.69) is 0 Å². The van der Waals surface area contributed by atoms with Crippen LogP contribution in [0.2, 0.25) is 0 Å². The van der Waals surface area contributed by atoms with Crippen LogP contribution in [0.5, 0.6) is 0 Å². The summed E-state index contributed by atoms with van der Waals surface area (Å²) in [6.07, 6.45) is -1.16. The Kier molecular flexibility index (Phi) is 2.49. The standard InChI is InChI=1S/C8H11NO2S/c1-4-3-6(5(2)12-4)7(10)8(9)11/h3,7,10H,1-2H3,(H2,9,11). The Morgan fingerprint density at radius 3 is 2.58 bits per heavy atom. The number of thiophene rings is 1. The molecule has 0 bridgehead atoms. The first-order chi connectivity index (χ1) is 5.52. The van der Waals surface area contributed by atoms with Gasteiger partial charge in [0.2, 0.25) is 0 Å². The molecule has 1 aromatic heterocycles. The summed E-state index contributed by atoms with van der Waals surface area (Å²) in [6, 6.07) is 1.79. The fourth-order valence-electron chi connectivity index (χ4n) is 1.08. The Bertz CT molecular complexity index is 306. The lowest BCUT2D eigenvalue weighted by molar-refractivity contribution is -0.126. The van der Waals surface area contributed by atoms with Crippen LogP contribution in [0, 0.1) is 13.8 Å². The fourth-order valence-corrected chi connectivity index (χ4v) is 2.03. The highest BCUT2D eigenvalue weighted by Gasteiger charge is 2.17. The molecule has 0 aliphatic rings. The molecule has 1 unspecified atom stereocenters. The largest absolute Gasteiger partial charge is 0.378 e. The maximum Gasteiger partial charge on any atom is 0.250 e. The van der Waals surface area contributed by atoms with Gasteiger partial charge in [-0.1, -0.05) is 0 Å². The van der Waals surface area contributed by atoms with Crippen LogP contribution in [0.15, 0.2) is 6.07 Å². The zero-order valence-electron chi connectivity index (χ0n) is 7.00. The van der Waals surface area contributed by atoms with E-state index < -0.39 is 12.0 Å². The monoisotopic (exact) mass is 185 g/mol. The summed E-state index contributed by atoms with van der Waals surface area (Å²) in [4.78, 5) is 12.7. The molecule has 0 aliphatic heterocycles. The topological polar surface area (TPSA) is 63.3 Å². The quantitative estimate of drug-likeness (QED) is 0.718. The molecule has 1 amide bonds. The highest BCUT2D eigenvalue weighted by Crippen LogP contribution is 2.25. The molecular formula is C8H11NO2S. The maximum absolute atomic E-state index is 10.6. The van der Waals surface area contributed by atoms with Crippen LogP contribution >= 0.6 is 11.3 Å². The molecule has 3 nitrogen and oxygen atoms in total. The van der Waals surface area contributed by atoms with E-state index in [1.807, 2.05) is 13.8 Å². The highest BCUT2D eigenvalue weighted by molar-refractivity contribution is 7.12. The van der Waals surface area contributed by atoms with Gasteiger partial charge in [-0.3, -0.25) is 4.79 Å². The Hall–Kier alpha value is -0.870. The second kappa shape index (κ2) is 3.25. The molecule has 0 fully saturated rings. The molecule has 0 spiro atoms. The van der Waals surface area contributed by atoms with Crippen molar-refractivity contribution in [2.75, 3.05) is 0 Å². The average Bonchev–Trinajstić information content (AvgIpc) is 2.28. The number of carbonyl (C=O) groups excluding carboxylic acids is 1. The highest BCUT2D eigenvalue weighted by atomic mass is 32.1. The van der Waals surface area contributed by atoms with E-state index in [1.165, 1.54) is 0 Å². The number of aliphatic hydroxyl groups excluding tert-OH is 1. The van der Waals surface area contributed by atoms with E-state index in [4.69, 9.17) is 5.73 Å². The minimum absolute atomic E-state index is 0.630. The number of aryl methyl sites for hydroxylation is 2. The van der Waals surface area contributed by atoms with Crippen LogP contribution in [0.25, 0.3) is 0 Å². The molecule has 1 rings (SSSR count). The third-order valence-corrected chi connectivity index (χ3v) is 2.63.